The van der Waals surface area contributed by atoms with E-state index in [0.717, 1.165) is 38.2 Å². The molecule has 1 fully saturated rings. The molecule has 0 saturated carbocycles. The maximum atomic E-state index is 12.0. The van der Waals surface area contributed by atoms with Gasteiger partial charge in [0.25, 0.3) is 0 Å². The first kappa shape index (κ1) is 16.8. The van der Waals surface area contributed by atoms with Crippen molar-refractivity contribution >= 4 is 17.5 Å². The standard InChI is InChI=1S/C17H23ClN2O2/c1-19(2)11-3-4-17(21)20-12-9-16(10-13-20)22-15-7-5-14(18)6-8-15/h3-8,16H,9-13H2,1-2H3/b4-3+. The van der Waals surface area contributed by atoms with E-state index in [0.29, 0.717) is 5.02 Å². The summed E-state index contributed by atoms with van der Waals surface area (Å²) in [4.78, 5) is 16.0. The van der Waals surface area contributed by atoms with E-state index in [9.17, 15) is 4.79 Å². The number of halogens is 1. The summed E-state index contributed by atoms with van der Waals surface area (Å²) < 4.78 is 5.93. The van der Waals surface area contributed by atoms with E-state index in [2.05, 4.69) is 0 Å². The Labute approximate surface area is 137 Å². The number of hydrogen-bond donors (Lipinski definition) is 0. The van der Waals surface area contributed by atoms with E-state index >= 15 is 0 Å². The SMILES string of the molecule is CN(C)C/C=C/C(=O)N1CCC(Oc2ccc(Cl)cc2)CC1. The summed E-state index contributed by atoms with van der Waals surface area (Å²) in [6.45, 7) is 2.26. The van der Waals surface area contributed by atoms with Crippen LogP contribution in [0, 0.1) is 0 Å². The fourth-order valence-electron chi connectivity index (χ4n) is 2.37. The molecule has 1 aliphatic heterocycles. The number of benzene rings is 1. The van der Waals surface area contributed by atoms with Gasteiger partial charge in [0.2, 0.25) is 5.91 Å². The molecule has 1 saturated heterocycles. The van der Waals surface area contributed by atoms with Gasteiger partial charge in [0.1, 0.15) is 11.9 Å². The van der Waals surface area contributed by atoms with Crippen molar-refractivity contribution in [3.05, 3.63) is 41.4 Å². The summed E-state index contributed by atoms with van der Waals surface area (Å²) in [5.41, 5.74) is 0. The molecule has 1 heterocycles. The quantitative estimate of drug-likeness (QED) is 0.781. The van der Waals surface area contributed by atoms with Gasteiger partial charge in [-0.25, -0.2) is 0 Å². The van der Waals surface area contributed by atoms with Crippen molar-refractivity contribution in [3.63, 3.8) is 0 Å². The Hall–Kier alpha value is -1.52. The molecule has 0 aromatic heterocycles. The molecule has 0 atom stereocenters. The van der Waals surface area contributed by atoms with Gasteiger partial charge in [0.05, 0.1) is 0 Å². The Kier molecular flexibility index (Phi) is 6.28. The van der Waals surface area contributed by atoms with Gasteiger partial charge in [-0.2, -0.15) is 0 Å². The summed E-state index contributed by atoms with van der Waals surface area (Å²) in [6.07, 6.45) is 5.45. The van der Waals surface area contributed by atoms with Gasteiger partial charge < -0.3 is 14.5 Å². The third-order valence-electron chi connectivity index (χ3n) is 3.60. The normalized spacial score (nSPS) is 16.5. The van der Waals surface area contributed by atoms with Crippen LogP contribution in [-0.4, -0.2) is 55.5 Å². The lowest BCUT2D eigenvalue weighted by Gasteiger charge is -2.31. The van der Waals surface area contributed by atoms with Crippen LogP contribution in [0.2, 0.25) is 5.02 Å². The Morgan fingerprint density at radius 2 is 1.95 bits per heavy atom. The third-order valence-corrected chi connectivity index (χ3v) is 3.85. The average molecular weight is 323 g/mol. The monoisotopic (exact) mass is 322 g/mol. The first-order valence-electron chi connectivity index (χ1n) is 7.57. The number of amides is 1. The second-order valence-corrected chi connectivity index (χ2v) is 6.20. The van der Waals surface area contributed by atoms with Crippen molar-refractivity contribution in [3.8, 4) is 5.75 Å². The minimum absolute atomic E-state index is 0.0896. The highest BCUT2D eigenvalue weighted by atomic mass is 35.5. The number of carbonyl (C=O) groups is 1. The molecule has 120 valence electrons. The maximum Gasteiger partial charge on any atom is 0.246 e. The number of carbonyl (C=O) groups excluding carboxylic acids is 1. The Morgan fingerprint density at radius 1 is 1.32 bits per heavy atom. The molecule has 5 heteroatoms. The molecule has 1 aromatic rings. The van der Waals surface area contributed by atoms with Crippen LogP contribution in [0.3, 0.4) is 0 Å². The molecule has 0 aliphatic carbocycles. The highest BCUT2D eigenvalue weighted by Gasteiger charge is 2.22. The number of piperidine rings is 1. The molecule has 2 rings (SSSR count). The van der Waals surface area contributed by atoms with Crippen molar-refractivity contribution in [1.29, 1.82) is 0 Å². The molecule has 4 nitrogen and oxygen atoms in total. The van der Waals surface area contributed by atoms with Gasteiger partial charge in [-0.15, -0.1) is 0 Å². The number of hydrogen-bond acceptors (Lipinski definition) is 3. The molecular formula is C17H23ClN2O2. The largest absolute Gasteiger partial charge is 0.490 e. The van der Waals surface area contributed by atoms with E-state index in [1.807, 2.05) is 54.2 Å². The number of rotatable bonds is 5. The number of likely N-dealkylation sites (tertiary alicyclic amines) is 1. The van der Waals surface area contributed by atoms with Gasteiger partial charge in [0.15, 0.2) is 0 Å². The molecule has 1 aromatic carbocycles. The topological polar surface area (TPSA) is 32.8 Å². The summed E-state index contributed by atoms with van der Waals surface area (Å²) in [6, 6.07) is 7.41. The summed E-state index contributed by atoms with van der Waals surface area (Å²) in [5.74, 6) is 0.923. The molecule has 0 unspecified atom stereocenters. The van der Waals surface area contributed by atoms with E-state index < -0.39 is 0 Å². The Balaban J connectivity index is 1.76. The predicted molar refractivity (Wildman–Crippen MR) is 89.4 cm³/mol. The second kappa shape index (κ2) is 8.20. The molecule has 1 amide bonds. The maximum absolute atomic E-state index is 12.0. The van der Waals surface area contributed by atoms with Crippen LogP contribution in [0.15, 0.2) is 36.4 Å². The molecule has 0 bridgehead atoms. The van der Waals surface area contributed by atoms with E-state index in [-0.39, 0.29) is 12.0 Å². The first-order chi connectivity index (χ1) is 10.5. The Bertz CT molecular complexity index is 506. The predicted octanol–water partition coefficient (Wildman–Crippen LogP) is 2.83. The smallest absolute Gasteiger partial charge is 0.246 e. The molecule has 0 N–H and O–H groups in total. The zero-order valence-electron chi connectivity index (χ0n) is 13.2. The van der Waals surface area contributed by atoms with Gasteiger partial charge in [-0.05, 0) is 38.4 Å². The van der Waals surface area contributed by atoms with Crippen LogP contribution in [0.25, 0.3) is 0 Å². The molecular weight excluding hydrogens is 300 g/mol. The fraction of sp³-hybridized carbons (Fsp3) is 0.471. The van der Waals surface area contributed by atoms with Crippen LogP contribution >= 0.6 is 11.6 Å². The zero-order chi connectivity index (χ0) is 15.9. The second-order valence-electron chi connectivity index (χ2n) is 5.76. The third kappa shape index (κ3) is 5.35. The van der Waals surface area contributed by atoms with Crippen LogP contribution < -0.4 is 4.74 Å². The number of ether oxygens (including phenoxy) is 1. The highest BCUT2D eigenvalue weighted by Crippen LogP contribution is 2.21. The van der Waals surface area contributed by atoms with E-state index in [1.54, 1.807) is 6.08 Å². The van der Waals surface area contributed by atoms with E-state index in [1.165, 1.54) is 0 Å². The summed E-state index contributed by atoms with van der Waals surface area (Å²) in [5, 5.41) is 0.706. The summed E-state index contributed by atoms with van der Waals surface area (Å²) in [7, 11) is 3.96. The summed E-state index contributed by atoms with van der Waals surface area (Å²) >= 11 is 5.86. The first-order valence-corrected chi connectivity index (χ1v) is 7.95. The average Bonchev–Trinajstić information content (AvgIpc) is 2.50. The van der Waals surface area contributed by atoms with Crippen molar-refractivity contribution in [1.82, 2.24) is 9.80 Å². The highest BCUT2D eigenvalue weighted by molar-refractivity contribution is 6.30. The van der Waals surface area contributed by atoms with Gasteiger partial charge in [0, 0.05) is 43.6 Å². The molecule has 0 radical (unpaired) electrons. The lowest BCUT2D eigenvalue weighted by Crippen LogP contribution is -2.41. The fourth-order valence-corrected chi connectivity index (χ4v) is 2.50. The zero-order valence-corrected chi connectivity index (χ0v) is 13.9. The number of likely N-dealkylation sites (N-methyl/N-ethyl adjacent to an activating group) is 1. The van der Waals surface area contributed by atoms with Gasteiger partial charge in [-0.1, -0.05) is 17.7 Å². The number of nitrogens with zero attached hydrogens (tertiary/aromatic N) is 2. The van der Waals surface area contributed by atoms with Crippen LogP contribution in [-0.2, 0) is 4.79 Å². The van der Waals surface area contributed by atoms with Gasteiger partial charge >= 0.3 is 0 Å². The van der Waals surface area contributed by atoms with Crippen LogP contribution in [0.4, 0.5) is 0 Å². The lowest BCUT2D eigenvalue weighted by atomic mass is 10.1. The van der Waals surface area contributed by atoms with Crippen molar-refractivity contribution in [2.75, 3.05) is 33.7 Å². The van der Waals surface area contributed by atoms with Gasteiger partial charge in [-0.3, -0.25) is 4.79 Å². The lowest BCUT2D eigenvalue weighted by molar-refractivity contribution is -0.127. The van der Waals surface area contributed by atoms with E-state index in [4.69, 9.17) is 16.3 Å². The minimum atomic E-state index is 0.0896. The molecule has 0 spiro atoms. The van der Waals surface area contributed by atoms with Crippen LogP contribution in [0.1, 0.15) is 12.8 Å². The molecule has 22 heavy (non-hydrogen) atoms. The Morgan fingerprint density at radius 3 is 2.55 bits per heavy atom. The van der Waals surface area contributed by atoms with Crippen LogP contribution in [0.5, 0.6) is 5.75 Å². The van der Waals surface area contributed by atoms with Crippen molar-refractivity contribution < 1.29 is 9.53 Å². The van der Waals surface area contributed by atoms with Crippen molar-refractivity contribution in [2.24, 2.45) is 0 Å². The van der Waals surface area contributed by atoms with Crippen molar-refractivity contribution in [2.45, 2.75) is 18.9 Å². The molecule has 1 aliphatic rings. The minimum Gasteiger partial charge on any atom is -0.490 e.